The third-order valence-electron chi connectivity index (χ3n) is 16.9. The van der Waals surface area contributed by atoms with Crippen molar-refractivity contribution in [3.05, 3.63) is 11.6 Å². The normalized spacial score (nSPS) is 53.2. The van der Waals surface area contributed by atoms with Gasteiger partial charge in [-0.2, -0.15) is 0 Å². The van der Waals surface area contributed by atoms with Gasteiger partial charge < -0.3 is 39.7 Å². The first-order valence-corrected chi connectivity index (χ1v) is 19.2. The Balaban J connectivity index is 1.25. The molecule has 0 aromatic carbocycles. The molecule has 10 nitrogen and oxygen atoms in total. The lowest BCUT2D eigenvalue weighted by atomic mass is 9.29. The highest BCUT2D eigenvalue weighted by Crippen LogP contribution is 2.79. The maximum absolute atomic E-state index is 13.5. The van der Waals surface area contributed by atoms with Gasteiger partial charge in [0.15, 0.2) is 12.4 Å². The molecule has 7 aliphatic rings. The molecule has 5 saturated carbocycles. The molecule has 50 heavy (non-hydrogen) atoms. The zero-order chi connectivity index (χ0) is 36.6. The predicted molar refractivity (Wildman–Crippen MR) is 184 cm³/mol. The summed E-state index contributed by atoms with van der Waals surface area (Å²) in [6, 6.07) is 0. The lowest BCUT2D eigenvalue weighted by molar-refractivity contribution is -0.332. The van der Waals surface area contributed by atoms with Crippen molar-refractivity contribution in [2.24, 2.45) is 68.0 Å². The largest absolute Gasteiger partial charge is 0.481 e. The third kappa shape index (κ3) is 4.73. The highest BCUT2D eigenvalue weighted by atomic mass is 16.7. The molecule has 10 heteroatoms. The number of methoxy groups -OCH3 is 1. The van der Waals surface area contributed by atoms with Gasteiger partial charge in [0.1, 0.15) is 18.3 Å². The lowest BCUT2D eigenvalue weighted by Crippen LogP contribution is -2.71. The number of allylic oxidation sites excluding steroid dienone is 2. The van der Waals surface area contributed by atoms with Crippen molar-refractivity contribution in [1.29, 1.82) is 0 Å². The molecule has 0 aromatic rings. The minimum atomic E-state index is -1.76. The molecule has 0 radical (unpaired) electrons. The van der Waals surface area contributed by atoms with E-state index in [0.29, 0.717) is 30.8 Å². The molecule has 6 aliphatic carbocycles. The van der Waals surface area contributed by atoms with Crippen molar-refractivity contribution in [1.82, 2.24) is 0 Å². The van der Waals surface area contributed by atoms with Crippen LogP contribution in [-0.4, -0.2) is 88.0 Å². The van der Waals surface area contributed by atoms with E-state index in [-0.39, 0.29) is 50.9 Å². The highest BCUT2D eigenvalue weighted by molar-refractivity contribution is 5.77. The van der Waals surface area contributed by atoms with Crippen molar-refractivity contribution in [2.75, 3.05) is 13.7 Å². The Bertz CT molecular complexity index is 1420. The number of aliphatic hydroxyl groups is 3. The summed E-state index contributed by atoms with van der Waals surface area (Å²) in [5.41, 5.74) is 0.106. The molecule has 0 bridgehead atoms. The topological polar surface area (TPSA) is 163 Å². The molecule has 1 saturated heterocycles. The van der Waals surface area contributed by atoms with Crippen molar-refractivity contribution >= 4 is 11.9 Å². The third-order valence-corrected chi connectivity index (χ3v) is 16.9. The van der Waals surface area contributed by atoms with Crippen molar-refractivity contribution in [3.63, 3.8) is 0 Å². The summed E-state index contributed by atoms with van der Waals surface area (Å²) in [5.74, 6) is -0.735. The Morgan fingerprint density at radius 2 is 1.60 bits per heavy atom. The minimum Gasteiger partial charge on any atom is -0.481 e. The number of fused-ring (bicyclic) bond motifs is 4. The Labute approximate surface area is 297 Å². The van der Waals surface area contributed by atoms with Gasteiger partial charge in [-0.05, 0) is 120 Å². The molecular formula is C40H62O10. The zero-order valence-corrected chi connectivity index (χ0v) is 31.4. The number of hydrogen-bond donors (Lipinski definition) is 5. The van der Waals surface area contributed by atoms with Crippen LogP contribution in [0.15, 0.2) is 11.6 Å². The van der Waals surface area contributed by atoms with E-state index in [4.69, 9.17) is 14.2 Å². The molecule has 0 aromatic heterocycles. The summed E-state index contributed by atoms with van der Waals surface area (Å²) in [4.78, 5) is 25.4. The van der Waals surface area contributed by atoms with E-state index in [9.17, 15) is 35.1 Å². The van der Waals surface area contributed by atoms with E-state index >= 15 is 0 Å². The van der Waals surface area contributed by atoms with E-state index < -0.39 is 48.1 Å². The highest BCUT2D eigenvalue weighted by Gasteiger charge is 2.74. The maximum atomic E-state index is 13.5. The second-order valence-corrected chi connectivity index (χ2v) is 19.8. The van der Waals surface area contributed by atoms with E-state index in [1.807, 2.05) is 0 Å². The first kappa shape index (κ1) is 36.8. The summed E-state index contributed by atoms with van der Waals surface area (Å²) in [5, 5.41) is 52.4. The van der Waals surface area contributed by atoms with Crippen LogP contribution in [0.2, 0.25) is 0 Å². The van der Waals surface area contributed by atoms with E-state index in [0.717, 1.165) is 51.4 Å². The average molecular weight is 703 g/mol. The number of rotatable bonds is 6. The molecule has 0 amide bonds. The van der Waals surface area contributed by atoms with Crippen LogP contribution in [0, 0.1) is 68.0 Å². The van der Waals surface area contributed by atoms with Gasteiger partial charge in [-0.3, -0.25) is 4.79 Å². The van der Waals surface area contributed by atoms with Gasteiger partial charge >= 0.3 is 11.9 Å². The Hall–Kier alpha value is -1.56. The molecule has 1 heterocycles. The van der Waals surface area contributed by atoms with Gasteiger partial charge in [-0.25, -0.2) is 4.79 Å². The van der Waals surface area contributed by atoms with Crippen LogP contribution in [-0.2, 0) is 23.8 Å². The second-order valence-electron chi connectivity index (χ2n) is 19.8. The summed E-state index contributed by atoms with van der Waals surface area (Å²) in [7, 11) is 1.70. The minimum absolute atomic E-state index is 0.0125. The smallest absolute Gasteiger partial charge is 0.335 e. The Morgan fingerprint density at radius 1 is 0.900 bits per heavy atom. The molecule has 16 atom stereocenters. The molecule has 6 fully saturated rings. The van der Waals surface area contributed by atoms with Crippen molar-refractivity contribution < 1.29 is 49.3 Å². The maximum Gasteiger partial charge on any atom is 0.335 e. The average Bonchev–Trinajstić information content (AvgIpc) is 3.01. The monoisotopic (exact) mass is 702 g/mol. The second kappa shape index (κ2) is 11.7. The Kier molecular flexibility index (Phi) is 8.62. The van der Waals surface area contributed by atoms with Crippen molar-refractivity contribution in [3.8, 4) is 0 Å². The number of carbonyl (C=O) groups is 2. The predicted octanol–water partition coefficient (Wildman–Crippen LogP) is 5.27. The lowest BCUT2D eigenvalue weighted by Gasteiger charge is -2.75. The number of carboxylic acids is 2. The fraction of sp³-hybridized carbons (Fsp3) is 0.900. The van der Waals surface area contributed by atoms with Gasteiger partial charge in [-0.15, -0.1) is 0 Å². The molecule has 0 spiro atoms. The number of ether oxygens (including phenoxy) is 3. The number of aliphatic carboxylic acids is 2. The van der Waals surface area contributed by atoms with Crippen LogP contribution in [0.3, 0.4) is 0 Å². The van der Waals surface area contributed by atoms with Crippen LogP contribution >= 0.6 is 0 Å². The quantitative estimate of drug-likeness (QED) is 0.182. The SMILES string of the molecule is COCC1CC(C)(C)CC2C3=CC4CCC5CC(OC6OC(C(=O)O)C(O)C(O)C6O)C(C)(C)C6CCC(C)(C4C56C)C3(C)CCC12C(=O)O. The summed E-state index contributed by atoms with van der Waals surface area (Å²) < 4.78 is 17.9. The zero-order valence-electron chi connectivity index (χ0n) is 31.4. The summed E-state index contributed by atoms with van der Waals surface area (Å²) in [6.07, 6.45) is 2.19. The molecule has 7 rings (SSSR count). The number of hydrogen-bond acceptors (Lipinski definition) is 8. The molecule has 16 unspecified atom stereocenters. The van der Waals surface area contributed by atoms with Gasteiger partial charge in [0, 0.05) is 7.11 Å². The standard InChI is InChI=1S/C40H62O10/c1-35(2)17-22(19-48-8)40(34(46)47)14-13-37(5)23(24(40)18-35)15-20-9-10-21-16-26(49-33-29(43)27(41)28(42)30(50-33)32(44)45)36(3,4)25-11-12-38(37,6)31(20)39(21,25)7/h15,20-22,24-31,33,41-43H,9-14,16-19H2,1-8H3,(H,44,45)(H,46,47). The number of aliphatic hydroxyl groups excluding tert-OH is 3. The Morgan fingerprint density at radius 3 is 2.24 bits per heavy atom. The van der Waals surface area contributed by atoms with Crippen molar-refractivity contribution in [2.45, 2.75) is 143 Å². The fourth-order valence-electron chi connectivity index (χ4n) is 14.5. The van der Waals surface area contributed by atoms with Gasteiger partial charge in [0.05, 0.1) is 18.1 Å². The van der Waals surface area contributed by atoms with Crippen LogP contribution < -0.4 is 0 Å². The van der Waals surface area contributed by atoms with Crippen LogP contribution in [0.4, 0.5) is 0 Å². The van der Waals surface area contributed by atoms with Gasteiger partial charge in [-0.1, -0.05) is 60.1 Å². The molecule has 282 valence electrons. The van der Waals surface area contributed by atoms with Crippen LogP contribution in [0.5, 0.6) is 0 Å². The van der Waals surface area contributed by atoms with Crippen LogP contribution in [0.1, 0.15) is 106 Å². The fourth-order valence-corrected chi connectivity index (χ4v) is 14.5. The van der Waals surface area contributed by atoms with E-state index in [1.54, 1.807) is 7.11 Å². The first-order valence-electron chi connectivity index (χ1n) is 19.2. The van der Waals surface area contributed by atoms with Crippen LogP contribution in [0.25, 0.3) is 0 Å². The first-order chi connectivity index (χ1) is 23.2. The van der Waals surface area contributed by atoms with Gasteiger partial charge in [0.2, 0.25) is 0 Å². The molecule has 1 aliphatic heterocycles. The van der Waals surface area contributed by atoms with E-state index in [2.05, 4.69) is 54.5 Å². The summed E-state index contributed by atoms with van der Waals surface area (Å²) in [6.45, 7) is 17.1. The summed E-state index contributed by atoms with van der Waals surface area (Å²) >= 11 is 0. The van der Waals surface area contributed by atoms with E-state index in [1.165, 1.54) is 5.57 Å². The number of carboxylic acid groups (broad SMARTS) is 2. The van der Waals surface area contributed by atoms with Gasteiger partial charge in [0.25, 0.3) is 0 Å². The molecular weight excluding hydrogens is 640 g/mol. The molecule has 5 N–H and O–H groups in total.